The Hall–Kier alpha value is -2.93. The van der Waals surface area contributed by atoms with Gasteiger partial charge in [0, 0.05) is 22.6 Å². The van der Waals surface area contributed by atoms with Gasteiger partial charge in [-0.1, -0.05) is 48.0 Å². The van der Waals surface area contributed by atoms with E-state index in [-0.39, 0.29) is 18.0 Å². The fraction of sp³-hybridized carbons (Fsp3) is 0.0870. The standard InChI is InChI=1S/C23H20ClN3O2S/c24-19-8-13-22(14-9-19)30(28,29)27(15-17-5-10-20(25)11-6-17)16-21-12-7-18-3-1-2-4-23(18)26-21/h1-14H,15-16,25H2. The minimum absolute atomic E-state index is 0.139. The monoisotopic (exact) mass is 437 g/mol. The van der Waals surface area contributed by atoms with Crippen LogP contribution >= 0.6 is 11.6 Å². The van der Waals surface area contributed by atoms with E-state index in [9.17, 15) is 8.42 Å². The minimum atomic E-state index is -3.77. The lowest BCUT2D eigenvalue weighted by atomic mass is 10.2. The maximum Gasteiger partial charge on any atom is 0.243 e. The normalized spacial score (nSPS) is 11.8. The Morgan fingerprint density at radius 2 is 1.53 bits per heavy atom. The Labute approximate surface area is 180 Å². The van der Waals surface area contributed by atoms with Gasteiger partial charge in [0.1, 0.15) is 0 Å². The first-order chi connectivity index (χ1) is 14.4. The summed E-state index contributed by atoms with van der Waals surface area (Å²) in [5.74, 6) is 0. The molecule has 5 nitrogen and oxygen atoms in total. The van der Waals surface area contributed by atoms with E-state index in [1.54, 1.807) is 24.3 Å². The van der Waals surface area contributed by atoms with Crippen LogP contribution in [0.1, 0.15) is 11.3 Å². The first kappa shape index (κ1) is 20.3. The van der Waals surface area contributed by atoms with Gasteiger partial charge in [-0.25, -0.2) is 8.42 Å². The highest BCUT2D eigenvalue weighted by molar-refractivity contribution is 7.89. The Balaban J connectivity index is 1.71. The molecule has 0 aliphatic heterocycles. The number of nitrogen functional groups attached to an aromatic ring is 1. The van der Waals surface area contributed by atoms with Gasteiger partial charge in [-0.15, -0.1) is 0 Å². The number of para-hydroxylation sites is 1. The molecule has 3 aromatic carbocycles. The van der Waals surface area contributed by atoms with Crippen LogP contribution in [-0.2, 0) is 23.1 Å². The molecule has 2 N–H and O–H groups in total. The van der Waals surface area contributed by atoms with Gasteiger partial charge >= 0.3 is 0 Å². The number of fused-ring (bicyclic) bond motifs is 1. The third-order valence-electron chi connectivity index (χ3n) is 4.78. The second-order valence-corrected chi connectivity index (χ2v) is 9.34. The summed E-state index contributed by atoms with van der Waals surface area (Å²) >= 11 is 5.94. The Kier molecular flexibility index (Phi) is 5.72. The molecule has 0 bridgehead atoms. The minimum Gasteiger partial charge on any atom is -0.399 e. The van der Waals surface area contributed by atoms with Crippen LogP contribution < -0.4 is 5.73 Å². The van der Waals surface area contributed by atoms with Crippen LogP contribution in [0, 0.1) is 0 Å². The molecule has 0 aliphatic carbocycles. The smallest absolute Gasteiger partial charge is 0.243 e. The van der Waals surface area contributed by atoms with Crippen molar-refractivity contribution in [3.05, 3.63) is 101 Å². The molecule has 0 fully saturated rings. The topological polar surface area (TPSA) is 76.3 Å². The van der Waals surface area contributed by atoms with Gasteiger partial charge in [-0.2, -0.15) is 4.31 Å². The Morgan fingerprint density at radius 3 is 2.27 bits per heavy atom. The van der Waals surface area contributed by atoms with Gasteiger partial charge in [-0.05, 0) is 54.1 Å². The van der Waals surface area contributed by atoms with E-state index in [0.717, 1.165) is 16.5 Å². The number of halogens is 1. The fourth-order valence-electron chi connectivity index (χ4n) is 3.19. The number of nitrogens with two attached hydrogens (primary N) is 1. The number of hydrogen-bond donors (Lipinski definition) is 1. The zero-order valence-corrected chi connectivity index (χ0v) is 17.6. The van der Waals surface area contributed by atoms with Gasteiger partial charge in [0.2, 0.25) is 10.0 Å². The molecule has 0 saturated heterocycles. The van der Waals surface area contributed by atoms with Crippen LogP contribution in [-0.4, -0.2) is 17.7 Å². The quantitative estimate of drug-likeness (QED) is 0.437. The van der Waals surface area contributed by atoms with E-state index in [2.05, 4.69) is 4.98 Å². The van der Waals surface area contributed by atoms with E-state index in [1.165, 1.54) is 16.4 Å². The predicted octanol–water partition coefficient (Wildman–Crippen LogP) is 4.86. The number of benzene rings is 3. The van der Waals surface area contributed by atoms with Crippen LogP contribution in [0.3, 0.4) is 0 Å². The van der Waals surface area contributed by atoms with Crippen molar-refractivity contribution in [1.29, 1.82) is 0 Å². The first-order valence-electron chi connectivity index (χ1n) is 9.37. The third kappa shape index (κ3) is 4.46. The summed E-state index contributed by atoms with van der Waals surface area (Å²) in [4.78, 5) is 4.83. The molecule has 0 spiro atoms. The molecule has 4 rings (SSSR count). The molecule has 0 aliphatic rings. The van der Waals surface area contributed by atoms with Crippen molar-refractivity contribution >= 4 is 38.2 Å². The maximum absolute atomic E-state index is 13.4. The molecule has 1 heterocycles. The molecule has 30 heavy (non-hydrogen) atoms. The average Bonchev–Trinajstić information content (AvgIpc) is 2.75. The summed E-state index contributed by atoms with van der Waals surface area (Å²) in [5.41, 5.74) is 8.73. The summed E-state index contributed by atoms with van der Waals surface area (Å²) in [6.45, 7) is 0.333. The molecule has 1 aromatic heterocycles. The van der Waals surface area contributed by atoms with Crippen molar-refractivity contribution in [2.45, 2.75) is 18.0 Å². The van der Waals surface area contributed by atoms with Crippen molar-refractivity contribution in [3.8, 4) is 0 Å². The van der Waals surface area contributed by atoms with Crippen LogP contribution in [0.2, 0.25) is 5.02 Å². The summed E-state index contributed by atoms with van der Waals surface area (Å²) in [5, 5.41) is 1.49. The lowest BCUT2D eigenvalue weighted by molar-refractivity contribution is 0.397. The van der Waals surface area contributed by atoms with Crippen molar-refractivity contribution in [2.75, 3.05) is 5.73 Å². The molecule has 152 valence electrons. The molecule has 0 saturated carbocycles. The second kappa shape index (κ2) is 8.44. The van der Waals surface area contributed by atoms with Crippen molar-refractivity contribution in [3.63, 3.8) is 0 Å². The number of aromatic nitrogens is 1. The van der Waals surface area contributed by atoms with Gasteiger partial charge in [0.05, 0.1) is 22.7 Å². The van der Waals surface area contributed by atoms with Crippen molar-refractivity contribution < 1.29 is 8.42 Å². The van der Waals surface area contributed by atoms with Crippen LogP contribution in [0.4, 0.5) is 5.69 Å². The van der Waals surface area contributed by atoms with Crippen LogP contribution in [0.25, 0.3) is 10.9 Å². The number of anilines is 1. The van der Waals surface area contributed by atoms with E-state index in [1.807, 2.05) is 48.5 Å². The molecule has 0 amide bonds. The largest absolute Gasteiger partial charge is 0.399 e. The number of rotatable bonds is 6. The SMILES string of the molecule is Nc1ccc(CN(Cc2ccc3ccccc3n2)S(=O)(=O)c2ccc(Cl)cc2)cc1. The third-order valence-corrected chi connectivity index (χ3v) is 6.84. The lowest BCUT2D eigenvalue weighted by Crippen LogP contribution is -2.30. The van der Waals surface area contributed by atoms with Crippen molar-refractivity contribution in [1.82, 2.24) is 9.29 Å². The van der Waals surface area contributed by atoms with Crippen LogP contribution in [0.15, 0.2) is 89.8 Å². The van der Waals surface area contributed by atoms with E-state index < -0.39 is 10.0 Å². The van der Waals surface area contributed by atoms with Crippen molar-refractivity contribution in [2.24, 2.45) is 0 Å². The van der Waals surface area contributed by atoms with Gasteiger partial charge in [0.25, 0.3) is 0 Å². The lowest BCUT2D eigenvalue weighted by Gasteiger charge is -2.22. The molecular weight excluding hydrogens is 418 g/mol. The number of pyridine rings is 1. The fourth-order valence-corrected chi connectivity index (χ4v) is 4.71. The summed E-state index contributed by atoms with van der Waals surface area (Å²) in [6.07, 6.45) is 0. The van der Waals surface area contributed by atoms with E-state index in [4.69, 9.17) is 17.3 Å². The van der Waals surface area contributed by atoms with Gasteiger partial charge in [0.15, 0.2) is 0 Å². The molecule has 4 aromatic rings. The van der Waals surface area contributed by atoms with E-state index >= 15 is 0 Å². The Morgan fingerprint density at radius 1 is 0.833 bits per heavy atom. The molecule has 0 atom stereocenters. The zero-order valence-electron chi connectivity index (χ0n) is 16.1. The number of nitrogens with zero attached hydrogens (tertiary/aromatic N) is 2. The molecule has 7 heteroatoms. The molecular formula is C23H20ClN3O2S. The van der Waals surface area contributed by atoms with Crippen LogP contribution in [0.5, 0.6) is 0 Å². The molecule has 0 radical (unpaired) electrons. The highest BCUT2D eigenvalue weighted by Gasteiger charge is 2.25. The second-order valence-electron chi connectivity index (χ2n) is 6.96. The summed E-state index contributed by atoms with van der Waals surface area (Å²) in [6, 6.07) is 24.9. The Bertz CT molecular complexity index is 1270. The average molecular weight is 438 g/mol. The van der Waals surface area contributed by atoms with Gasteiger partial charge in [-0.3, -0.25) is 4.98 Å². The number of sulfonamides is 1. The highest BCUT2D eigenvalue weighted by Crippen LogP contribution is 2.23. The molecule has 0 unspecified atom stereocenters. The summed E-state index contributed by atoms with van der Waals surface area (Å²) in [7, 11) is -3.77. The van der Waals surface area contributed by atoms with E-state index in [0.29, 0.717) is 16.4 Å². The van der Waals surface area contributed by atoms with Gasteiger partial charge < -0.3 is 5.73 Å². The number of hydrogen-bond acceptors (Lipinski definition) is 4. The predicted molar refractivity (Wildman–Crippen MR) is 120 cm³/mol. The summed E-state index contributed by atoms with van der Waals surface area (Å²) < 4.78 is 28.2. The first-order valence-corrected chi connectivity index (χ1v) is 11.2. The zero-order chi connectivity index (χ0) is 21.1. The highest BCUT2D eigenvalue weighted by atomic mass is 35.5. The maximum atomic E-state index is 13.4.